The fourth-order valence-corrected chi connectivity index (χ4v) is 2.99. The number of phenolic OH excluding ortho intramolecular Hbond substituents is 2. The number of amides is 2. The van der Waals surface area contributed by atoms with Crippen molar-refractivity contribution in [1.82, 2.24) is 20.8 Å². The van der Waals surface area contributed by atoms with Gasteiger partial charge in [-0.05, 0) is 62.4 Å². The number of aromatic hydroxyl groups is 2. The molecule has 0 bridgehead atoms. The number of nitrogens with zero attached hydrogens (tertiary/aromatic N) is 4. The number of pyridine rings is 2. The van der Waals surface area contributed by atoms with Crippen molar-refractivity contribution >= 4 is 23.2 Å². The number of phenols is 2. The molecule has 0 atom stereocenters. The van der Waals surface area contributed by atoms with Gasteiger partial charge in [-0.2, -0.15) is 10.2 Å². The molecule has 2 heterocycles. The van der Waals surface area contributed by atoms with Gasteiger partial charge in [0.1, 0.15) is 11.5 Å². The van der Waals surface area contributed by atoms with Crippen LogP contribution in [-0.4, -0.2) is 43.4 Å². The quantitative estimate of drug-likeness (QED) is 0.156. The van der Waals surface area contributed by atoms with E-state index in [4.69, 9.17) is 0 Å². The zero-order valence-corrected chi connectivity index (χ0v) is 22.0. The number of hydrogen-bond donors (Lipinski definition) is 4. The van der Waals surface area contributed by atoms with Gasteiger partial charge in [0, 0.05) is 29.5 Å². The topological polar surface area (TPSA) is 149 Å². The van der Waals surface area contributed by atoms with Gasteiger partial charge in [0.2, 0.25) is 0 Å². The predicted octanol–water partition coefficient (Wildman–Crippen LogP) is 3.88. The molecular weight excluding hydrogens is 548 g/mol. The molecule has 0 spiro atoms. The van der Waals surface area contributed by atoms with E-state index in [9.17, 15) is 19.8 Å². The first-order valence-electron chi connectivity index (χ1n) is 11.4. The first-order valence-corrected chi connectivity index (χ1v) is 11.4. The molecule has 1 radical (unpaired) electrons. The van der Waals surface area contributed by atoms with Crippen LogP contribution in [0.15, 0.2) is 108 Å². The molecule has 0 saturated heterocycles. The fourth-order valence-electron chi connectivity index (χ4n) is 2.99. The monoisotopic (exact) mass is 573 g/mol. The summed E-state index contributed by atoms with van der Waals surface area (Å²) in [4.78, 5) is 31.8. The number of nitrogens with one attached hydrogen (secondary N) is 2. The van der Waals surface area contributed by atoms with Crippen molar-refractivity contribution < 1.29 is 36.9 Å². The van der Waals surface area contributed by atoms with Gasteiger partial charge >= 0.3 is 0 Å². The molecule has 0 aliphatic carbocycles. The Morgan fingerprint density at radius 1 is 0.615 bits per heavy atom. The van der Waals surface area contributed by atoms with Gasteiger partial charge in [-0.1, -0.05) is 36.4 Å². The van der Waals surface area contributed by atoms with Crippen LogP contribution in [0.5, 0.6) is 11.5 Å². The molecule has 2 aromatic heterocycles. The van der Waals surface area contributed by atoms with Crippen molar-refractivity contribution in [3.63, 3.8) is 0 Å². The van der Waals surface area contributed by atoms with Gasteiger partial charge in [-0.25, -0.2) is 10.9 Å². The molecule has 0 saturated carbocycles. The molecule has 0 aliphatic rings. The van der Waals surface area contributed by atoms with E-state index >= 15 is 0 Å². The molecule has 4 aromatic rings. The van der Waals surface area contributed by atoms with Gasteiger partial charge in [-0.3, -0.25) is 19.6 Å². The van der Waals surface area contributed by atoms with Crippen LogP contribution in [0.4, 0.5) is 0 Å². The average molecular weight is 574 g/mol. The Kier molecular flexibility index (Phi) is 12.0. The molecule has 4 N–H and O–H groups in total. The SMILES string of the molecule is C/C(=N\NC(=O)c1ccccc1O)c1ccccn1.C/C(=N\NC(=O)c1ccccc1O)c1ccccn1.[Cu]. The van der Waals surface area contributed by atoms with Gasteiger partial charge in [0.25, 0.3) is 11.8 Å². The van der Waals surface area contributed by atoms with Crippen LogP contribution in [0.1, 0.15) is 46.0 Å². The Labute approximate surface area is 236 Å². The molecule has 4 rings (SSSR count). The number of para-hydroxylation sites is 2. The maximum atomic E-state index is 11.8. The molecule has 39 heavy (non-hydrogen) atoms. The van der Waals surface area contributed by atoms with Crippen LogP contribution in [0, 0.1) is 0 Å². The van der Waals surface area contributed by atoms with Gasteiger partial charge in [0.15, 0.2) is 0 Å². The Bertz CT molecular complexity index is 1340. The van der Waals surface area contributed by atoms with Crippen LogP contribution < -0.4 is 10.9 Å². The van der Waals surface area contributed by atoms with Crippen molar-refractivity contribution in [2.45, 2.75) is 13.8 Å². The molecule has 0 aliphatic heterocycles. The van der Waals surface area contributed by atoms with Gasteiger partial charge < -0.3 is 10.2 Å². The minimum absolute atomic E-state index is 0. The number of aromatic nitrogens is 2. The first kappa shape index (κ1) is 30.4. The Hall–Kier alpha value is -4.86. The summed E-state index contributed by atoms with van der Waals surface area (Å²) in [5.74, 6) is -1.09. The van der Waals surface area contributed by atoms with Crippen molar-refractivity contribution in [2.24, 2.45) is 10.2 Å². The minimum atomic E-state index is -0.464. The largest absolute Gasteiger partial charge is 0.507 e. The van der Waals surface area contributed by atoms with Crippen LogP contribution in [-0.2, 0) is 17.1 Å². The zero-order valence-electron chi connectivity index (χ0n) is 21.0. The van der Waals surface area contributed by atoms with Gasteiger partial charge in [-0.15, -0.1) is 0 Å². The van der Waals surface area contributed by atoms with E-state index in [1.807, 2.05) is 12.1 Å². The third-order valence-electron chi connectivity index (χ3n) is 5.02. The summed E-state index contributed by atoms with van der Waals surface area (Å²) < 4.78 is 0. The van der Waals surface area contributed by atoms with Crippen LogP contribution in [0.3, 0.4) is 0 Å². The second kappa shape index (κ2) is 15.4. The predicted molar refractivity (Wildman–Crippen MR) is 144 cm³/mol. The smallest absolute Gasteiger partial charge is 0.275 e. The van der Waals surface area contributed by atoms with E-state index in [2.05, 4.69) is 31.0 Å². The maximum absolute atomic E-state index is 11.8. The first-order chi connectivity index (χ1) is 18.4. The number of hydrogen-bond acceptors (Lipinski definition) is 8. The van der Waals surface area contributed by atoms with E-state index in [0.29, 0.717) is 22.8 Å². The van der Waals surface area contributed by atoms with E-state index in [1.165, 1.54) is 24.3 Å². The minimum Gasteiger partial charge on any atom is -0.507 e. The molecule has 0 unspecified atom stereocenters. The van der Waals surface area contributed by atoms with Crippen molar-refractivity contribution in [2.75, 3.05) is 0 Å². The number of carbonyl (C=O) groups is 2. The second-order valence-electron chi connectivity index (χ2n) is 7.74. The van der Waals surface area contributed by atoms with E-state index in [1.54, 1.807) is 74.8 Å². The Balaban J connectivity index is 0.000000267. The summed E-state index contributed by atoms with van der Waals surface area (Å²) >= 11 is 0. The summed E-state index contributed by atoms with van der Waals surface area (Å²) in [6.45, 7) is 3.49. The van der Waals surface area contributed by atoms with Crippen molar-refractivity contribution in [3.05, 3.63) is 120 Å². The summed E-state index contributed by atoms with van der Waals surface area (Å²) in [5, 5.41) is 27.0. The molecule has 2 amide bonds. The average Bonchev–Trinajstić information content (AvgIpc) is 2.96. The number of rotatable bonds is 6. The summed E-state index contributed by atoms with van der Waals surface area (Å²) in [6, 6.07) is 23.5. The van der Waals surface area contributed by atoms with Crippen LogP contribution >= 0.6 is 0 Å². The van der Waals surface area contributed by atoms with E-state index in [0.717, 1.165) is 0 Å². The molecule has 203 valence electrons. The third kappa shape index (κ3) is 9.19. The maximum Gasteiger partial charge on any atom is 0.275 e. The van der Waals surface area contributed by atoms with Crippen LogP contribution in [0.25, 0.3) is 0 Å². The van der Waals surface area contributed by atoms with Crippen molar-refractivity contribution in [3.8, 4) is 11.5 Å². The fraction of sp³-hybridized carbons (Fsp3) is 0.0714. The summed E-state index contributed by atoms with van der Waals surface area (Å²) in [5.41, 5.74) is 7.67. The number of benzene rings is 2. The van der Waals surface area contributed by atoms with E-state index in [-0.39, 0.29) is 39.7 Å². The number of carbonyl (C=O) groups excluding carboxylic acids is 2. The summed E-state index contributed by atoms with van der Waals surface area (Å²) in [6.07, 6.45) is 3.30. The molecule has 10 nitrogen and oxygen atoms in total. The standard InChI is InChI=1S/2C14H13N3O2.Cu/c2*1-10(12-7-4-5-9-15-12)16-17-14(19)11-6-2-3-8-13(11)18;/h2*2-9,18H,1H3,(H,17,19);/b2*16-10+;. The molecule has 0 fully saturated rings. The third-order valence-corrected chi connectivity index (χ3v) is 5.02. The van der Waals surface area contributed by atoms with E-state index < -0.39 is 11.8 Å². The molecule has 2 aromatic carbocycles. The van der Waals surface area contributed by atoms with Gasteiger partial charge in [0.05, 0.1) is 33.9 Å². The van der Waals surface area contributed by atoms with Crippen molar-refractivity contribution in [1.29, 1.82) is 0 Å². The zero-order chi connectivity index (χ0) is 27.3. The summed E-state index contributed by atoms with van der Waals surface area (Å²) in [7, 11) is 0. The Morgan fingerprint density at radius 3 is 1.31 bits per heavy atom. The molecular formula is C28H26CuN6O4. The molecule has 11 heteroatoms. The van der Waals surface area contributed by atoms with Crippen LogP contribution in [0.2, 0.25) is 0 Å². The second-order valence-corrected chi connectivity index (χ2v) is 7.74. The normalized spacial score (nSPS) is 10.8. The Morgan fingerprint density at radius 2 is 0.974 bits per heavy atom. The number of hydrazone groups is 2.